The van der Waals surface area contributed by atoms with Gasteiger partial charge < -0.3 is 0 Å². The molecule has 4 heteroatoms. The van der Waals surface area contributed by atoms with Crippen LogP contribution in [0.3, 0.4) is 0 Å². The first-order chi connectivity index (χ1) is 7.20. The molecule has 1 unspecified atom stereocenters. The van der Waals surface area contributed by atoms with Gasteiger partial charge in [0.05, 0.1) is 10.8 Å². The number of carbonyl (C=O) groups is 1. The molecule has 0 saturated carbocycles. The van der Waals surface area contributed by atoms with E-state index in [9.17, 15) is 9.18 Å². The minimum atomic E-state index is -0.429. The second-order valence-electron chi connectivity index (χ2n) is 3.46. The summed E-state index contributed by atoms with van der Waals surface area (Å²) in [4.78, 5) is 12.0. The van der Waals surface area contributed by atoms with Gasteiger partial charge in [-0.2, -0.15) is 11.8 Å². The zero-order valence-electron chi connectivity index (χ0n) is 8.00. The van der Waals surface area contributed by atoms with E-state index in [1.807, 2.05) is 0 Å². The zero-order chi connectivity index (χ0) is 10.8. The molecule has 1 saturated heterocycles. The quantitative estimate of drug-likeness (QED) is 0.773. The molecule has 1 aromatic rings. The molecule has 0 amide bonds. The summed E-state index contributed by atoms with van der Waals surface area (Å²) < 4.78 is 14.0. The normalized spacial score (nSPS) is 20.5. The maximum absolute atomic E-state index is 13.5. The van der Waals surface area contributed by atoms with E-state index in [4.69, 9.17) is 0 Å². The van der Waals surface area contributed by atoms with Gasteiger partial charge in [-0.3, -0.25) is 4.79 Å². The van der Waals surface area contributed by atoms with Crippen molar-refractivity contribution < 1.29 is 9.18 Å². The van der Waals surface area contributed by atoms with Crippen LogP contribution in [-0.2, 0) is 0 Å². The van der Waals surface area contributed by atoms with Crippen LogP contribution in [0.25, 0.3) is 0 Å². The van der Waals surface area contributed by atoms with Crippen molar-refractivity contribution in [2.45, 2.75) is 18.1 Å². The largest absolute Gasteiger partial charge is 0.293 e. The summed E-state index contributed by atoms with van der Waals surface area (Å²) in [6.07, 6.45) is 1.91. The smallest absolute Gasteiger partial charge is 0.179 e. The lowest BCUT2D eigenvalue weighted by Gasteiger charge is -2.09. The Morgan fingerprint density at radius 1 is 1.53 bits per heavy atom. The van der Waals surface area contributed by atoms with Gasteiger partial charge in [-0.25, -0.2) is 4.39 Å². The highest BCUT2D eigenvalue weighted by Gasteiger charge is 2.27. The average Bonchev–Trinajstić information content (AvgIpc) is 2.69. The van der Waals surface area contributed by atoms with Crippen molar-refractivity contribution in [1.29, 1.82) is 0 Å². The first-order valence-electron chi connectivity index (χ1n) is 4.80. The van der Waals surface area contributed by atoms with Gasteiger partial charge in [0.1, 0.15) is 5.82 Å². The lowest BCUT2D eigenvalue weighted by Crippen LogP contribution is -2.16. The highest BCUT2D eigenvalue weighted by atomic mass is 79.9. The van der Waals surface area contributed by atoms with Crippen LogP contribution in [0.5, 0.6) is 0 Å². The monoisotopic (exact) mass is 288 g/mol. The molecule has 2 rings (SSSR count). The molecule has 1 heterocycles. The Kier molecular flexibility index (Phi) is 3.46. The van der Waals surface area contributed by atoms with Crippen molar-refractivity contribution in [3.05, 3.63) is 34.1 Å². The first-order valence-corrected chi connectivity index (χ1v) is 6.64. The topological polar surface area (TPSA) is 17.1 Å². The van der Waals surface area contributed by atoms with Gasteiger partial charge in [0, 0.05) is 4.47 Å². The highest BCUT2D eigenvalue weighted by molar-refractivity contribution is 9.10. The number of hydrogen-bond donors (Lipinski definition) is 0. The van der Waals surface area contributed by atoms with Gasteiger partial charge in [0.15, 0.2) is 5.78 Å². The molecule has 0 aromatic heterocycles. The SMILES string of the molecule is O=C(c1c(F)cccc1Br)C1CCCS1. The van der Waals surface area contributed by atoms with E-state index in [1.165, 1.54) is 6.07 Å². The summed E-state index contributed by atoms with van der Waals surface area (Å²) in [6.45, 7) is 0. The fraction of sp³-hybridized carbons (Fsp3) is 0.364. The van der Waals surface area contributed by atoms with Crippen LogP contribution < -0.4 is 0 Å². The molecular formula is C11H10BrFOS. The van der Waals surface area contributed by atoms with E-state index < -0.39 is 5.82 Å². The summed E-state index contributed by atoms with van der Waals surface area (Å²) in [5.41, 5.74) is 0.205. The predicted octanol–water partition coefficient (Wildman–Crippen LogP) is 3.67. The number of benzene rings is 1. The molecule has 0 spiro atoms. The molecule has 80 valence electrons. The standard InChI is InChI=1S/C11H10BrFOS/c12-7-3-1-4-8(13)10(7)11(14)9-5-2-6-15-9/h1,3-4,9H,2,5-6H2. The van der Waals surface area contributed by atoms with Crippen molar-refractivity contribution in [3.8, 4) is 0 Å². The average molecular weight is 289 g/mol. The number of rotatable bonds is 2. The Balaban J connectivity index is 2.32. The van der Waals surface area contributed by atoms with Crippen LogP contribution in [0, 0.1) is 5.82 Å². The number of ketones is 1. The van der Waals surface area contributed by atoms with E-state index in [0.717, 1.165) is 18.6 Å². The molecular weight excluding hydrogens is 279 g/mol. The maximum Gasteiger partial charge on any atom is 0.179 e. The Bertz CT molecular complexity index is 368. The lowest BCUT2D eigenvalue weighted by atomic mass is 10.1. The van der Waals surface area contributed by atoms with Crippen LogP contribution in [0.1, 0.15) is 23.2 Å². The number of halogens is 2. The van der Waals surface area contributed by atoms with Crippen molar-refractivity contribution in [1.82, 2.24) is 0 Å². The van der Waals surface area contributed by atoms with Crippen LogP contribution in [0.15, 0.2) is 22.7 Å². The summed E-state index contributed by atoms with van der Waals surface area (Å²) in [5.74, 6) is 0.493. The summed E-state index contributed by atoms with van der Waals surface area (Å²) in [7, 11) is 0. The minimum Gasteiger partial charge on any atom is -0.293 e. The molecule has 1 nitrogen and oxygen atoms in total. The van der Waals surface area contributed by atoms with Gasteiger partial charge >= 0.3 is 0 Å². The lowest BCUT2D eigenvalue weighted by molar-refractivity contribution is 0.0984. The third-order valence-electron chi connectivity index (χ3n) is 2.43. The van der Waals surface area contributed by atoms with Crippen molar-refractivity contribution in [2.75, 3.05) is 5.75 Å². The van der Waals surface area contributed by atoms with Crippen molar-refractivity contribution in [3.63, 3.8) is 0 Å². The van der Waals surface area contributed by atoms with Crippen molar-refractivity contribution in [2.24, 2.45) is 0 Å². The maximum atomic E-state index is 13.5. The van der Waals surface area contributed by atoms with Gasteiger partial charge in [0.2, 0.25) is 0 Å². The molecule has 1 aromatic carbocycles. The molecule has 1 atom stereocenters. The second-order valence-corrected chi connectivity index (χ2v) is 5.63. The van der Waals surface area contributed by atoms with E-state index in [1.54, 1.807) is 23.9 Å². The van der Waals surface area contributed by atoms with Gasteiger partial charge in [-0.05, 0) is 46.7 Å². The van der Waals surface area contributed by atoms with E-state index in [0.29, 0.717) is 4.47 Å². The van der Waals surface area contributed by atoms with Crippen molar-refractivity contribution >= 4 is 33.5 Å². The fourth-order valence-electron chi connectivity index (χ4n) is 1.68. The van der Waals surface area contributed by atoms with Crippen LogP contribution >= 0.6 is 27.7 Å². The second kappa shape index (κ2) is 4.66. The molecule has 1 aliphatic rings. The highest BCUT2D eigenvalue weighted by Crippen LogP contribution is 2.32. The Morgan fingerprint density at radius 2 is 2.33 bits per heavy atom. The molecule has 1 aliphatic heterocycles. The first kappa shape index (κ1) is 11.1. The molecule has 0 N–H and O–H groups in total. The Labute approximate surface area is 101 Å². The fourth-order valence-corrected chi connectivity index (χ4v) is 3.44. The molecule has 0 radical (unpaired) electrons. The number of hydrogen-bond acceptors (Lipinski definition) is 2. The van der Waals surface area contributed by atoms with E-state index in [2.05, 4.69) is 15.9 Å². The zero-order valence-corrected chi connectivity index (χ0v) is 10.4. The molecule has 0 bridgehead atoms. The number of carbonyl (C=O) groups excluding carboxylic acids is 1. The minimum absolute atomic E-state index is 0.0572. The Hall–Kier alpha value is -0.350. The molecule has 15 heavy (non-hydrogen) atoms. The predicted molar refractivity (Wildman–Crippen MR) is 63.9 cm³/mol. The van der Waals surface area contributed by atoms with Crippen LogP contribution in [0.2, 0.25) is 0 Å². The number of Topliss-reactive ketones (excluding diaryl/α,β-unsaturated/α-hetero) is 1. The summed E-state index contributed by atoms with van der Waals surface area (Å²) >= 11 is 4.85. The van der Waals surface area contributed by atoms with E-state index in [-0.39, 0.29) is 16.6 Å². The van der Waals surface area contributed by atoms with Crippen LogP contribution in [-0.4, -0.2) is 16.8 Å². The number of thioether (sulfide) groups is 1. The Morgan fingerprint density at radius 3 is 2.93 bits per heavy atom. The van der Waals surface area contributed by atoms with Gasteiger partial charge in [-0.1, -0.05) is 6.07 Å². The third kappa shape index (κ3) is 2.26. The molecule has 1 fully saturated rings. The summed E-state index contributed by atoms with van der Waals surface area (Å²) in [5, 5.41) is -0.0572. The van der Waals surface area contributed by atoms with Gasteiger partial charge in [0.25, 0.3) is 0 Å². The third-order valence-corrected chi connectivity index (χ3v) is 4.47. The van der Waals surface area contributed by atoms with Crippen LogP contribution in [0.4, 0.5) is 4.39 Å². The summed E-state index contributed by atoms with van der Waals surface area (Å²) in [6, 6.07) is 4.63. The van der Waals surface area contributed by atoms with Gasteiger partial charge in [-0.15, -0.1) is 0 Å². The van der Waals surface area contributed by atoms with E-state index >= 15 is 0 Å². The molecule has 0 aliphatic carbocycles.